The number of hydrogen-bond donors (Lipinski definition) is 3. The Labute approximate surface area is 354 Å². The third-order valence-electron chi connectivity index (χ3n) is 10.6. The maximum atomic E-state index is 14.7. The largest absolute Gasteiger partial charge is 0.382 e. The normalized spacial score (nSPS) is 13.5. The number of methoxy groups -OCH3 is 1. The van der Waals surface area contributed by atoms with Crippen molar-refractivity contribution in [1.29, 1.82) is 0 Å². The summed E-state index contributed by atoms with van der Waals surface area (Å²) in [5, 5.41) is 9.02. The van der Waals surface area contributed by atoms with Crippen molar-refractivity contribution in [2.75, 3.05) is 104 Å². The first-order valence-corrected chi connectivity index (χ1v) is 20.9. The van der Waals surface area contributed by atoms with Gasteiger partial charge in [-0.1, -0.05) is 50.2 Å². The van der Waals surface area contributed by atoms with Crippen LogP contribution in [0.2, 0.25) is 0 Å². The molecule has 0 aliphatic carbocycles. The van der Waals surface area contributed by atoms with Crippen molar-refractivity contribution >= 4 is 35.1 Å². The predicted molar refractivity (Wildman–Crippen MR) is 229 cm³/mol. The molecule has 0 atom stereocenters. The molecular weight excluding hydrogens is 769 g/mol. The van der Waals surface area contributed by atoms with Crippen LogP contribution in [0.1, 0.15) is 55.4 Å². The summed E-state index contributed by atoms with van der Waals surface area (Å²) < 4.78 is 26.9. The van der Waals surface area contributed by atoms with E-state index >= 15 is 0 Å². The number of anilines is 2. The first kappa shape index (κ1) is 47.9. The smallest absolute Gasteiger partial charge is 0.248 e. The average Bonchev–Trinajstić information content (AvgIpc) is 3.26. The van der Waals surface area contributed by atoms with Gasteiger partial charge in [0.25, 0.3) is 0 Å². The van der Waals surface area contributed by atoms with Crippen molar-refractivity contribution in [3.63, 3.8) is 0 Å². The second-order valence-corrected chi connectivity index (χ2v) is 14.7. The molecule has 0 spiro atoms. The van der Waals surface area contributed by atoms with Gasteiger partial charge in [-0.25, -0.2) is 4.98 Å². The molecule has 0 unspecified atom stereocenters. The van der Waals surface area contributed by atoms with E-state index in [9.17, 15) is 19.2 Å². The number of carbonyl (C=O) groups excluding carboxylic acids is 4. The third-order valence-corrected chi connectivity index (χ3v) is 10.6. The summed E-state index contributed by atoms with van der Waals surface area (Å²) in [6, 6.07) is 18.8. The number of aryl methyl sites for hydroxylation is 1. The highest BCUT2D eigenvalue weighted by Gasteiger charge is 2.43. The highest BCUT2D eigenvalue weighted by Crippen LogP contribution is 2.37. The summed E-state index contributed by atoms with van der Waals surface area (Å²) in [7, 11) is 3.50. The first-order valence-electron chi connectivity index (χ1n) is 20.9. The molecule has 15 nitrogen and oxygen atoms in total. The van der Waals surface area contributed by atoms with Gasteiger partial charge in [0.15, 0.2) is 0 Å². The molecule has 0 bridgehead atoms. The summed E-state index contributed by atoms with van der Waals surface area (Å²) in [5.41, 5.74) is 3.55. The van der Waals surface area contributed by atoms with Crippen molar-refractivity contribution in [2.24, 2.45) is 5.41 Å². The number of benzene rings is 2. The molecule has 4 amide bonds. The molecule has 3 aromatic rings. The van der Waals surface area contributed by atoms with E-state index in [0.717, 1.165) is 22.3 Å². The zero-order valence-corrected chi connectivity index (χ0v) is 35.8. The molecule has 1 aliphatic heterocycles. The zero-order chi connectivity index (χ0) is 43.0. The van der Waals surface area contributed by atoms with Crippen LogP contribution in [0.3, 0.4) is 0 Å². The molecule has 1 aliphatic rings. The van der Waals surface area contributed by atoms with Crippen LogP contribution in [0.4, 0.5) is 11.5 Å². The Morgan fingerprint density at radius 2 is 1.40 bits per heavy atom. The van der Waals surface area contributed by atoms with Gasteiger partial charge in [0.2, 0.25) is 23.6 Å². The van der Waals surface area contributed by atoms with Crippen LogP contribution >= 0.6 is 0 Å². The molecule has 1 aromatic heterocycles. The van der Waals surface area contributed by atoms with E-state index in [1.807, 2.05) is 63.4 Å². The molecule has 3 N–H and O–H groups in total. The van der Waals surface area contributed by atoms with E-state index in [-0.39, 0.29) is 56.4 Å². The molecular formula is C45H64N6O9. The number of nitrogens with zero attached hydrogens (tertiary/aromatic N) is 3. The second kappa shape index (κ2) is 26.4. The Balaban J connectivity index is 1.34. The van der Waals surface area contributed by atoms with Gasteiger partial charge >= 0.3 is 0 Å². The van der Waals surface area contributed by atoms with Gasteiger partial charge in [0.1, 0.15) is 19.0 Å². The standard InChI is InChI=1S/C45H64N6O9/c1-5-35-14-15-39(29-38(35)30-41(52)49-40-13-9-10-18-47-40)48-42(53)33-51(32-37-12-8-7-11-36(37)31-46-3)44(55)45(6-2)16-19-50(20-17-45)43(54)34-60-28-27-59-26-25-58-24-23-57-22-21-56-4/h7-15,18,29,46H,5-6,16-17,19-28,30-34H2,1-4H3,(H,48,53)(H,47,49,52). The molecule has 328 valence electrons. The van der Waals surface area contributed by atoms with E-state index in [1.54, 1.807) is 41.3 Å². The molecule has 0 radical (unpaired) electrons. The number of carbonyl (C=O) groups is 4. The van der Waals surface area contributed by atoms with Crippen LogP contribution < -0.4 is 16.0 Å². The summed E-state index contributed by atoms with van der Waals surface area (Å²) in [6.07, 6.45) is 3.93. The summed E-state index contributed by atoms with van der Waals surface area (Å²) in [5.74, 6) is -0.347. The number of pyridine rings is 1. The lowest BCUT2D eigenvalue weighted by molar-refractivity contribution is -0.151. The van der Waals surface area contributed by atoms with E-state index < -0.39 is 5.41 Å². The summed E-state index contributed by atoms with van der Waals surface area (Å²) in [4.78, 5) is 62.2. The van der Waals surface area contributed by atoms with E-state index in [1.165, 1.54) is 0 Å². The van der Waals surface area contributed by atoms with Crippen LogP contribution in [0.25, 0.3) is 0 Å². The highest BCUT2D eigenvalue weighted by atomic mass is 16.6. The SMILES string of the molecule is CCc1ccc(NC(=O)CN(Cc2ccccc2CNC)C(=O)C2(CC)CCN(C(=O)COCCOCCOCCOCCOC)CC2)cc1CC(=O)Nc1ccccn1. The Bertz CT molecular complexity index is 1770. The number of ether oxygens (including phenoxy) is 5. The lowest BCUT2D eigenvalue weighted by Crippen LogP contribution is -2.52. The molecule has 0 saturated carbocycles. The molecule has 1 saturated heterocycles. The van der Waals surface area contributed by atoms with Gasteiger partial charge in [-0.3, -0.25) is 19.2 Å². The number of piperidine rings is 1. The topological polar surface area (TPSA) is 170 Å². The number of amides is 4. The molecule has 2 aromatic carbocycles. The molecule has 60 heavy (non-hydrogen) atoms. The van der Waals surface area contributed by atoms with Crippen molar-refractivity contribution in [2.45, 2.75) is 59.0 Å². The minimum Gasteiger partial charge on any atom is -0.382 e. The highest BCUT2D eigenvalue weighted by molar-refractivity contribution is 5.96. The fourth-order valence-electron chi connectivity index (χ4n) is 7.15. The van der Waals surface area contributed by atoms with Gasteiger partial charge < -0.3 is 49.4 Å². The van der Waals surface area contributed by atoms with Gasteiger partial charge in [0, 0.05) is 45.2 Å². The fourth-order valence-corrected chi connectivity index (χ4v) is 7.15. The fraction of sp³-hybridized carbons (Fsp3) is 0.533. The van der Waals surface area contributed by atoms with Crippen LogP contribution in [0.15, 0.2) is 66.9 Å². The summed E-state index contributed by atoms with van der Waals surface area (Å²) in [6.45, 7) is 8.93. The number of hydrogen-bond acceptors (Lipinski definition) is 11. The maximum absolute atomic E-state index is 14.7. The Morgan fingerprint density at radius 3 is 2.02 bits per heavy atom. The van der Waals surface area contributed by atoms with Gasteiger partial charge in [-0.05, 0) is 79.3 Å². The Morgan fingerprint density at radius 1 is 0.750 bits per heavy atom. The van der Waals surface area contributed by atoms with Gasteiger partial charge in [-0.15, -0.1) is 0 Å². The Kier molecular flexibility index (Phi) is 21.1. The van der Waals surface area contributed by atoms with E-state index in [0.29, 0.717) is 103 Å². The van der Waals surface area contributed by atoms with Crippen molar-refractivity contribution in [3.8, 4) is 0 Å². The van der Waals surface area contributed by atoms with E-state index in [4.69, 9.17) is 23.7 Å². The quantitative estimate of drug-likeness (QED) is 0.0940. The Hall–Kier alpha value is -4.77. The second-order valence-electron chi connectivity index (χ2n) is 14.7. The van der Waals surface area contributed by atoms with Gasteiger partial charge in [-0.2, -0.15) is 0 Å². The number of likely N-dealkylation sites (tertiary alicyclic amines) is 1. The molecule has 4 rings (SSSR count). The van der Waals surface area contributed by atoms with Crippen LogP contribution in [0.5, 0.6) is 0 Å². The first-order chi connectivity index (χ1) is 29.2. The molecule has 1 fully saturated rings. The van der Waals surface area contributed by atoms with Crippen molar-refractivity contribution < 1.29 is 42.9 Å². The van der Waals surface area contributed by atoms with E-state index in [2.05, 4.69) is 20.9 Å². The van der Waals surface area contributed by atoms with Crippen molar-refractivity contribution in [1.82, 2.24) is 20.1 Å². The predicted octanol–water partition coefficient (Wildman–Crippen LogP) is 4.24. The average molecular weight is 833 g/mol. The number of rotatable bonds is 27. The van der Waals surface area contributed by atoms with Crippen LogP contribution in [-0.2, 0) is 68.8 Å². The molecule has 15 heteroatoms. The lowest BCUT2D eigenvalue weighted by atomic mass is 9.74. The van der Waals surface area contributed by atoms with Crippen LogP contribution in [0, 0.1) is 5.41 Å². The minimum absolute atomic E-state index is 0.0733. The summed E-state index contributed by atoms with van der Waals surface area (Å²) >= 11 is 0. The number of nitrogens with one attached hydrogen (secondary N) is 3. The monoisotopic (exact) mass is 832 g/mol. The number of aromatic nitrogens is 1. The third kappa shape index (κ3) is 15.7. The van der Waals surface area contributed by atoms with Gasteiger partial charge in [0.05, 0.1) is 64.7 Å². The molecule has 2 heterocycles. The zero-order valence-electron chi connectivity index (χ0n) is 35.8. The van der Waals surface area contributed by atoms with Crippen LogP contribution in [-0.4, -0.2) is 132 Å². The minimum atomic E-state index is -0.751. The van der Waals surface area contributed by atoms with Crippen molar-refractivity contribution in [3.05, 3.63) is 89.1 Å². The lowest BCUT2D eigenvalue weighted by Gasteiger charge is -2.43. The maximum Gasteiger partial charge on any atom is 0.248 e.